The molecule has 0 heterocycles. The number of carbonyl (C=O) groups is 1. The number of hydrogen-bond acceptors (Lipinski definition) is 2. The average Bonchev–Trinajstić information content (AvgIpc) is 2.20. The maximum absolute atomic E-state index is 12.8. The summed E-state index contributed by atoms with van der Waals surface area (Å²) in [7, 11) is 1.48. The first kappa shape index (κ1) is 10.9. The topological polar surface area (TPSA) is 55.1 Å². The van der Waals surface area contributed by atoms with E-state index in [-0.39, 0.29) is 10.9 Å². The standard InChI is InChI=1S/C9H10ClFN2O/c1-13-9(14)8(12)5-2-3-7(11)6(10)4-5/h2-4,8H,12H2,1H3,(H,13,14). The van der Waals surface area contributed by atoms with E-state index in [1.54, 1.807) is 0 Å². The summed E-state index contributed by atoms with van der Waals surface area (Å²) in [5.41, 5.74) is 6.06. The molecule has 0 aliphatic carbocycles. The van der Waals surface area contributed by atoms with E-state index in [2.05, 4.69) is 5.32 Å². The lowest BCUT2D eigenvalue weighted by molar-refractivity contribution is -0.121. The minimum Gasteiger partial charge on any atom is -0.358 e. The van der Waals surface area contributed by atoms with Gasteiger partial charge in [-0.05, 0) is 17.7 Å². The van der Waals surface area contributed by atoms with Gasteiger partial charge >= 0.3 is 0 Å². The van der Waals surface area contributed by atoms with Crippen LogP contribution in [0, 0.1) is 5.82 Å². The zero-order valence-electron chi connectivity index (χ0n) is 7.55. The molecule has 1 rings (SSSR count). The number of nitrogens with one attached hydrogen (secondary N) is 1. The van der Waals surface area contributed by atoms with E-state index in [0.29, 0.717) is 5.56 Å². The van der Waals surface area contributed by atoms with Gasteiger partial charge in [0.15, 0.2) is 0 Å². The molecule has 5 heteroatoms. The normalized spacial score (nSPS) is 12.3. The van der Waals surface area contributed by atoms with Crippen LogP contribution in [0.2, 0.25) is 5.02 Å². The molecule has 0 saturated carbocycles. The van der Waals surface area contributed by atoms with Crippen molar-refractivity contribution in [2.24, 2.45) is 5.73 Å². The van der Waals surface area contributed by atoms with Gasteiger partial charge in [0.2, 0.25) is 5.91 Å². The van der Waals surface area contributed by atoms with E-state index < -0.39 is 11.9 Å². The molecular weight excluding hydrogens is 207 g/mol. The molecule has 0 aromatic heterocycles. The highest BCUT2D eigenvalue weighted by atomic mass is 35.5. The Balaban J connectivity index is 2.96. The summed E-state index contributed by atoms with van der Waals surface area (Å²) in [5, 5.41) is 2.36. The number of rotatable bonds is 2. The summed E-state index contributed by atoms with van der Waals surface area (Å²) in [6.07, 6.45) is 0. The van der Waals surface area contributed by atoms with Gasteiger partial charge in [0.1, 0.15) is 11.9 Å². The molecule has 0 spiro atoms. The molecule has 76 valence electrons. The monoisotopic (exact) mass is 216 g/mol. The number of amides is 1. The SMILES string of the molecule is CNC(=O)C(N)c1ccc(F)c(Cl)c1. The zero-order chi connectivity index (χ0) is 10.7. The highest BCUT2D eigenvalue weighted by Gasteiger charge is 2.15. The molecular formula is C9H10ClFN2O. The Morgan fingerprint density at radius 2 is 2.29 bits per heavy atom. The fraction of sp³-hybridized carbons (Fsp3) is 0.222. The van der Waals surface area contributed by atoms with Crippen LogP contribution in [0.25, 0.3) is 0 Å². The minimum absolute atomic E-state index is 0.0400. The van der Waals surface area contributed by atoms with Crippen molar-refractivity contribution in [3.63, 3.8) is 0 Å². The molecule has 0 fully saturated rings. The molecule has 1 amide bonds. The zero-order valence-corrected chi connectivity index (χ0v) is 8.31. The van der Waals surface area contributed by atoms with Crippen molar-refractivity contribution in [1.29, 1.82) is 0 Å². The largest absolute Gasteiger partial charge is 0.358 e. The molecule has 3 N–H and O–H groups in total. The van der Waals surface area contributed by atoms with Crippen LogP contribution in [0.15, 0.2) is 18.2 Å². The maximum atomic E-state index is 12.8. The average molecular weight is 217 g/mol. The van der Waals surface area contributed by atoms with Crippen molar-refractivity contribution in [3.05, 3.63) is 34.6 Å². The van der Waals surface area contributed by atoms with E-state index in [0.717, 1.165) is 0 Å². The van der Waals surface area contributed by atoms with Gasteiger partial charge in [0.25, 0.3) is 0 Å². The third kappa shape index (κ3) is 2.21. The van der Waals surface area contributed by atoms with Crippen LogP contribution in [0.3, 0.4) is 0 Å². The van der Waals surface area contributed by atoms with Gasteiger partial charge in [-0.25, -0.2) is 4.39 Å². The summed E-state index contributed by atoms with van der Waals surface area (Å²) < 4.78 is 12.8. The van der Waals surface area contributed by atoms with E-state index in [1.807, 2.05) is 0 Å². The number of hydrogen-bond donors (Lipinski definition) is 2. The van der Waals surface area contributed by atoms with Crippen molar-refractivity contribution >= 4 is 17.5 Å². The van der Waals surface area contributed by atoms with E-state index in [4.69, 9.17) is 17.3 Å². The van der Waals surface area contributed by atoms with E-state index in [9.17, 15) is 9.18 Å². The van der Waals surface area contributed by atoms with Gasteiger partial charge in [-0.15, -0.1) is 0 Å². The van der Waals surface area contributed by atoms with Crippen LogP contribution in [-0.4, -0.2) is 13.0 Å². The van der Waals surface area contributed by atoms with Gasteiger partial charge in [0.05, 0.1) is 5.02 Å². The lowest BCUT2D eigenvalue weighted by atomic mass is 10.1. The minimum atomic E-state index is -0.821. The first-order chi connectivity index (χ1) is 6.56. The smallest absolute Gasteiger partial charge is 0.241 e. The molecule has 3 nitrogen and oxygen atoms in total. The van der Waals surface area contributed by atoms with Crippen molar-refractivity contribution in [3.8, 4) is 0 Å². The second-order valence-electron chi connectivity index (χ2n) is 2.77. The molecule has 0 bridgehead atoms. The van der Waals surface area contributed by atoms with E-state index >= 15 is 0 Å². The van der Waals surface area contributed by atoms with Crippen LogP contribution >= 0.6 is 11.6 Å². The predicted molar refractivity (Wildman–Crippen MR) is 52.4 cm³/mol. The number of likely N-dealkylation sites (N-methyl/N-ethyl adjacent to an activating group) is 1. The van der Waals surface area contributed by atoms with Gasteiger partial charge in [0, 0.05) is 7.05 Å². The summed E-state index contributed by atoms with van der Waals surface area (Å²) >= 11 is 5.54. The Morgan fingerprint density at radius 1 is 1.64 bits per heavy atom. The molecule has 1 aromatic rings. The number of carbonyl (C=O) groups excluding carboxylic acids is 1. The van der Waals surface area contributed by atoms with Crippen molar-refractivity contribution in [2.75, 3.05) is 7.05 Å². The van der Waals surface area contributed by atoms with Gasteiger partial charge in [-0.2, -0.15) is 0 Å². The molecule has 1 aromatic carbocycles. The van der Waals surface area contributed by atoms with Crippen molar-refractivity contribution in [2.45, 2.75) is 6.04 Å². The molecule has 0 radical (unpaired) electrons. The number of halogens is 2. The molecule has 1 atom stereocenters. The van der Waals surface area contributed by atoms with Crippen LogP contribution in [0.5, 0.6) is 0 Å². The van der Waals surface area contributed by atoms with Crippen molar-refractivity contribution in [1.82, 2.24) is 5.32 Å². The fourth-order valence-electron chi connectivity index (χ4n) is 1.01. The van der Waals surface area contributed by atoms with Gasteiger partial charge in [-0.3, -0.25) is 4.79 Å². The lowest BCUT2D eigenvalue weighted by Crippen LogP contribution is -2.31. The molecule has 0 aliphatic heterocycles. The summed E-state index contributed by atoms with van der Waals surface area (Å²) in [5.74, 6) is -0.868. The Hall–Kier alpha value is -1.13. The fourth-order valence-corrected chi connectivity index (χ4v) is 1.20. The Morgan fingerprint density at radius 3 is 2.79 bits per heavy atom. The summed E-state index contributed by atoms with van der Waals surface area (Å²) in [6, 6.07) is 3.14. The molecule has 0 aliphatic rings. The Kier molecular flexibility index (Phi) is 3.43. The number of nitrogens with two attached hydrogens (primary N) is 1. The van der Waals surface area contributed by atoms with Crippen LogP contribution in [-0.2, 0) is 4.79 Å². The van der Waals surface area contributed by atoms with Crippen LogP contribution in [0.1, 0.15) is 11.6 Å². The predicted octanol–water partition coefficient (Wildman–Crippen LogP) is 1.22. The molecule has 0 saturated heterocycles. The first-order valence-electron chi connectivity index (χ1n) is 3.98. The van der Waals surface area contributed by atoms with E-state index in [1.165, 1.54) is 25.2 Å². The Bertz CT molecular complexity index is 357. The second kappa shape index (κ2) is 4.39. The molecule has 14 heavy (non-hydrogen) atoms. The Labute approximate surface area is 86.0 Å². The second-order valence-corrected chi connectivity index (χ2v) is 3.17. The lowest BCUT2D eigenvalue weighted by Gasteiger charge is -2.10. The quantitative estimate of drug-likeness (QED) is 0.781. The first-order valence-corrected chi connectivity index (χ1v) is 4.36. The highest BCUT2D eigenvalue weighted by molar-refractivity contribution is 6.30. The summed E-state index contributed by atoms with van der Waals surface area (Å²) in [6.45, 7) is 0. The third-order valence-electron chi connectivity index (χ3n) is 1.83. The maximum Gasteiger partial charge on any atom is 0.241 e. The van der Waals surface area contributed by atoms with Crippen LogP contribution in [0.4, 0.5) is 4.39 Å². The summed E-state index contributed by atoms with van der Waals surface area (Å²) in [4.78, 5) is 11.1. The highest BCUT2D eigenvalue weighted by Crippen LogP contribution is 2.19. The van der Waals surface area contributed by atoms with Gasteiger partial charge in [-0.1, -0.05) is 17.7 Å². The van der Waals surface area contributed by atoms with Crippen LogP contribution < -0.4 is 11.1 Å². The van der Waals surface area contributed by atoms with Gasteiger partial charge < -0.3 is 11.1 Å². The van der Waals surface area contributed by atoms with Crippen molar-refractivity contribution < 1.29 is 9.18 Å². The number of benzene rings is 1. The molecule has 1 unspecified atom stereocenters. The third-order valence-corrected chi connectivity index (χ3v) is 2.12.